The van der Waals surface area contributed by atoms with Gasteiger partial charge in [-0.3, -0.25) is 4.79 Å². The molecule has 0 unspecified atom stereocenters. The summed E-state index contributed by atoms with van der Waals surface area (Å²) in [5.74, 6) is -1.59. The van der Waals surface area contributed by atoms with Gasteiger partial charge in [-0.15, -0.1) is 0 Å². The van der Waals surface area contributed by atoms with Crippen molar-refractivity contribution in [2.45, 2.75) is 39.5 Å². The van der Waals surface area contributed by atoms with Crippen molar-refractivity contribution in [2.24, 2.45) is 5.41 Å². The normalized spacial score (nSPS) is 17.1. The smallest absolute Gasteiger partial charge is 0.160 e. The van der Waals surface area contributed by atoms with Crippen LogP contribution in [-0.4, -0.2) is 11.8 Å². The molecule has 4 heteroatoms. The van der Waals surface area contributed by atoms with E-state index < -0.39 is 11.9 Å². The van der Waals surface area contributed by atoms with E-state index >= 15 is 0 Å². The number of carboxylic acids is 1. The number of carbonyl (C=O) groups excluding carboxylic acids is 2. The zero-order valence-electron chi connectivity index (χ0n) is 18.1. The number of benzene rings is 3. The Morgan fingerprint density at radius 1 is 1.00 bits per heavy atom. The minimum atomic E-state index is -1.24. The number of rotatable bonds is 4. The third kappa shape index (κ3) is 3.74. The molecular formula is C27H26NO3-. The molecular weight excluding hydrogens is 386 g/mol. The molecule has 0 radical (unpaired) electrons. The van der Waals surface area contributed by atoms with Crippen LogP contribution in [0.2, 0.25) is 0 Å². The number of carboxylic acid groups (broad SMARTS) is 1. The molecule has 0 saturated carbocycles. The first-order valence-electron chi connectivity index (χ1n) is 10.5. The minimum absolute atomic E-state index is 0.0410. The van der Waals surface area contributed by atoms with E-state index in [1.807, 2.05) is 43.3 Å². The number of nitrogens with two attached hydrogens (primary N) is 1. The lowest BCUT2D eigenvalue weighted by Crippen LogP contribution is -2.29. The summed E-state index contributed by atoms with van der Waals surface area (Å²) in [5, 5.41) is 13.8. The number of anilines is 1. The first-order chi connectivity index (χ1) is 14.7. The Bertz CT molecular complexity index is 1240. The lowest BCUT2D eigenvalue weighted by Gasteiger charge is -2.35. The Labute approximate surface area is 182 Å². The first-order valence-corrected chi connectivity index (χ1v) is 10.5. The van der Waals surface area contributed by atoms with Gasteiger partial charge in [-0.05, 0) is 39.8 Å². The van der Waals surface area contributed by atoms with Gasteiger partial charge in [-0.25, -0.2) is 0 Å². The predicted octanol–water partition coefficient (Wildman–Crippen LogP) is 4.73. The Hall–Kier alpha value is -3.40. The highest BCUT2D eigenvalue weighted by molar-refractivity contribution is 6.11. The molecule has 31 heavy (non-hydrogen) atoms. The zero-order chi connectivity index (χ0) is 22.3. The van der Waals surface area contributed by atoms with Crippen molar-refractivity contribution in [2.75, 3.05) is 5.73 Å². The van der Waals surface area contributed by atoms with Crippen LogP contribution >= 0.6 is 0 Å². The standard InChI is InChI=1S/C27H27NO3/c1-16(18-9-6-7-11-20(18)26(30)31)24-21(14-27(2,3)15-23(24)29)25-19-10-5-4-8-17(19)12-13-22(25)28/h4-13,16H,14-15,28H2,1-3H3,(H,30,31)/p-1/t16-/m0/s1. The summed E-state index contributed by atoms with van der Waals surface area (Å²) in [7, 11) is 0. The van der Waals surface area contributed by atoms with Crippen molar-refractivity contribution in [3.63, 3.8) is 0 Å². The van der Waals surface area contributed by atoms with Gasteiger partial charge in [0.25, 0.3) is 0 Å². The molecule has 0 saturated heterocycles. The fraction of sp³-hybridized carbons (Fsp3) is 0.259. The SMILES string of the molecule is C[C@H](C1=C(c2c(N)ccc3ccccc23)CC(C)(C)CC1=O)c1ccccc1C(=O)[O-]. The molecule has 3 aromatic rings. The summed E-state index contributed by atoms with van der Waals surface area (Å²) < 4.78 is 0. The Morgan fingerprint density at radius 3 is 2.42 bits per heavy atom. The van der Waals surface area contributed by atoms with Crippen molar-refractivity contribution >= 4 is 33.8 Å². The molecule has 4 nitrogen and oxygen atoms in total. The van der Waals surface area contributed by atoms with Crippen molar-refractivity contribution < 1.29 is 14.7 Å². The molecule has 0 aromatic heterocycles. The summed E-state index contributed by atoms with van der Waals surface area (Å²) >= 11 is 0. The van der Waals surface area contributed by atoms with E-state index in [4.69, 9.17) is 5.73 Å². The maximum Gasteiger partial charge on any atom is 0.160 e. The highest BCUT2D eigenvalue weighted by Crippen LogP contribution is 2.48. The second-order valence-electron chi connectivity index (χ2n) is 9.18. The number of aromatic carboxylic acids is 1. The van der Waals surface area contributed by atoms with Gasteiger partial charge in [0.1, 0.15) is 0 Å². The first kappa shape index (κ1) is 20.9. The van der Waals surface area contributed by atoms with Gasteiger partial charge in [-0.2, -0.15) is 0 Å². The van der Waals surface area contributed by atoms with E-state index in [1.54, 1.807) is 18.2 Å². The average Bonchev–Trinajstić information content (AvgIpc) is 2.72. The summed E-state index contributed by atoms with van der Waals surface area (Å²) in [6.45, 7) is 6.07. The maximum atomic E-state index is 13.5. The molecule has 1 aliphatic carbocycles. The monoisotopic (exact) mass is 412 g/mol. The van der Waals surface area contributed by atoms with Crippen LogP contribution in [0.4, 0.5) is 5.69 Å². The summed E-state index contributed by atoms with van der Waals surface area (Å²) in [6.07, 6.45) is 1.10. The Balaban J connectivity index is 2.03. The van der Waals surface area contributed by atoms with Gasteiger partial charge < -0.3 is 15.6 Å². The summed E-state index contributed by atoms with van der Waals surface area (Å²) in [6, 6.07) is 18.6. The van der Waals surface area contributed by atoms with E-state index in [2.05, 4.69) is 13.8 Å². The Morgan fingerprint density at radius 2 is 1.68 bits per heavy atom. The topological polar surface area (TPSA) is 83.2 Å². The molecule has 158 valence electrons. The molecule has 1 aliphatic rings. The highest BCUT2D eigenvalue weighted by atomic mass is 16.4. The highest BCUT2D eigenvalue weighted by Gasteiger charge is 2.37. The van der Waals surface area contributed by atoms with Gasteiger partial charge in [0.05, 0.1) is 5.97 Å². The number of Topliss-reactive ketones (excluding diaryl/α,β-unsaturated/α-hetero) is 1. The largest absolute Gasteiger partial charge is 0.545 e. The second-order valence-corrected chi connectivity index (χ2v) is 9.18. The lowest BCUT2D eigenvalue weighted by molar-refractivity contribution is -0.255. The predicted molar refractivity (Wildman–Crippen MR) is 122 cm³/mol. The zero-order valence-corrected chi connectivity index (χ0v) is 18.1. The quantitative estimate of drug-likeness (QED) is 0.628. The molecule has 0 bridgehead atoms. The molecule has 2 N–H and O–H groups in total. The maximum absolute atomic E-state index is 13.5. The number of hydrogen-bond donors (Lipinski definition) is 1. The van der Waals surface area contributed by atoms with Crippen LogP contribution in [0.25, 0.3) is 16.3 Å². The number of hydrogen-bond acceptors (Lipinski definition) is 4. The molecule has 4 rings (SSSR count). The summed E-state index contributed by atoms with van der Waals surface area (Å²) in [4.78, 5) is 25.2. The molecule has 1 atom stereocenters. The fourth-order valence-electron chi connectivity index (χ4n) is 4.90. The van der Waals surface area contributed by atoms with Crippen molar-refractivity contribution in [3.05, 3.63) is 82.9 Å². The molecule has 0 spiro atoms. The van der Waals surface area contributed by atoms with Crippen LogP contribution in [0.3, 0.4) is 0 Å². The van der Waals surface area contributed by atoms with Crippen LogP contribution in [0.15, 0.2) is 66.2 Å². The van der Waals surface area contributed by atoms with E-state index in [0.29, 0.717) is 29.7 Å². The number of carbonyl (C=O) groups is 2. The third-order valence-corrected chi connectivity index (χ3v) is 6.26. The number of allylic oxidation sites excluding steroid dienone is 2. The van der Waals surface area contributed by atoms with E-state index in [-0.39, 0.29) is 16.8 Å². The minimum Gasteiger partial charge on any atom is -0.545 e. The number of fused-ring (bicyclic) bond motifs is 1. The van der Waals surface area contributed by atoms with Crippen LogP contribution in [0.1, 0.15) is 61.0 Å². The van der Waals surface area contributed by atoms with Gasteiger partial charge in [0, 0.05) is 34.7 Å². The van der Waals surface area contributed by atoms with Crippen LogP contribution < -0.4 is 10.8 Å². The summed E-state index contributed by atoms with van der Waals surface area (Å²) in [5.41, 5.74) is 10.0. The van der Waals surface area contributed by atoms with E-state index in [1.165, 1.54) is 6.07 Å². The Kier molecular flexibility index (Phi) is 5.18. The van der Waals surface area contributed by atoms with Gasteiger partial charge in [0.15, 0.2) is 5.78 Å². The van der Waals surface area contributed by atoms with E-state index in [0.717, 1.165) is 21.9 Å². The van der Waals surface area contributed by atoms with Crippen LogP contribution in [0.5, 0.6) is 0 Å². The van der Waals surface area contributed by atoms with Gasteiger partial charge >= 0.3 is 0 Å². The van der Waals surface area contributed by atoms with Gasteiger partial charge in [0.2, 0.25) is 0 Å². The molecule has 0 aliphatic heterocycles. The average molecular weight is 413 g/mol. The van der Waals surface area contributed by atoms with Crippen LogP contribution in [0, 0.1) is 5.41 Å². The van der Waals surface area contributed by atoms with Crippen molar-refractivity contribution in [3.8, 4) is 0 Å². The number of nitrogen functional groups attached to an aromatic ring is 1. The molecule has 3 aromatic carbocycles. The van der Waals surface area contributed by atoms with Crippen LogP contribution in [-0.2, 0) is 4.79 Å². The molecule has 0 heterocycles. The molecule has 0 fully saturated rings. The molecule has 0 amide bonds. The third-order valence-electron chi connectivity index (χ3n) is 6.26. The van der Waals surface area contributed by atoms with Gasteiger partial charge in [-0.1, -0.05) is 75.4 Å². The van der Waals surface area contributed by atoms with Crippen molar-refractivity contribution in [1.82, 2.24) is 0 Å². The van der Waals surface area contributed by atoms with E-state index in [9.17, 15) is 14.7 Å². The lowest BCUT2D eigenvalue weighted by atomic mass is 9.68. The fourth-order valence-corrected chi connectivity index (χ4v) is 4.90. The number of ketones is 1. The van der Waals surface area contributed by atoms with Crippen molar-refractivity contribution in [1.29, 1.82) is 0 Å². The second kappa shape index (κ2) is 7.69.